The summed E-state index contributed by atoms with van der Waals surface area (Å²) in [6.07, 6.45) is 0. The molecule has 0 fully saturated rings. The molecular weight excluding hydrogens is 164 g/mol. The molecule has 0 spiro atoms. The van der Waals surface area contributed by atoms with E-state index in [0.717, 1.165) is 5.57 Å². The number of allylic oxidation sites excluding steroid dienone is 1. The maximum Gasteiger partial charge on any atom is 0.0349 e. The van der Waals surface area contributed by atoms with Crippen LogP contribution >= 0.6 is 11.3 Å². The average Bonchev–Trinajstić information content (AvgIpc) is 2.47. The first-order valence-corrected chi connectivity index (χ1v) is 4.79. The molecule has 0 saturated carbocycles. The highest BCUT2D eigenvalue weighted by molar-refractivity contribution is 7.17. The van der Waals surface area contributed by atoms with Crippen molar-refractivity contribution in [3.63, 3.8) is 0 Å². The summed E-state index contributed by atoms with van der Waals surface area (Å²) in [5.41, 5.74) is 2.43. The molecule has 0 nitrogen and oxygen atoms in total. The van der Waals surface area contributed by atoms with Gasteiger partial charge < -0.3 is 0 Å². The van der Waals surface area contributed by atoms with Gasteiger partial charge in [-0.25, -0.2) is 0 Å². The van der Waals surface area contributed by atoms with Crippen LogP contribution in [0.5, 0.6) is 0 Å². The molecule has 2 rings (SSSR count). The van der Waals surface area contributed by atoms with E-state index in [1.807, 2.05) is 0 Å². The van der Waals surface area contributed by atoms with Crippen LogP contribution in [0.3, 0.4) is 0 Å². The number of hydrogen-bond acceptors (Lipinski definition) is 1. The lowest BCUT2D eigenvalue weighted by Crippen LogP contribution is -1.71. The molecular formula is C11H10S. The lowest BCUT2D eigenvalue weighted by Gasteiger charge is -1.94. The maximum atomic E-state index is 3.95. The van der Waals surface area contributed by atoms with Gasteiger partial charge in [-0.15, -0.1) is 11.3 Å². The van der Waals surface area contributed by atoms with Crippen LogP contribution in [0.1, 0.15) is 12.5 Å². The number of hydrogen-bond donors (Lipinski definition) is 0. The van der Waals surface area contributed by atoms with Crippen molar-refractivity contribution in [1.82, 2.24) is 0 Å². The summed E-state index contributed by atoms with van der Waals surface area (Å²) in [7, 11) is 0. The molecule has 0 atom stereocenters. The summed E-state index contributed by atoms with van der Waals surface area (Å²) >= 11 is 1.78. The summed E-state index contributed by atoms with van der Waals surface area (Å²) in [6, 6.07) is 8.44. The predicted molar refractivity (Wildman–Crippen MR) is 56.5 cm³/mol. The summed E-state index contributed by atoms with van der Waals surface area (Å²) in [4.78, 5) is 0. The van der Waals surface area contributed by atoms with E-state index in [2.05, 4.69) is 43.1 Å². The number of rotatable bonds is 1. The highest BCUT2D eigenvalue weighted by Crippen LogP contribution is 2.29. The normalized spacial score (nSPS) is 10.4. The Hall–Kier alpha value is -1.08. The Labute approximate surface area is 76.2 Å². The van der Waals surface area contributed by atoms with Gasteiger partial charge in [-0.3, -0.25) is 0 Å². The Kier molecular flexibility index (Phi) is 1.74. The zero-order valence-corrected chi connectivity index (χ0v) is 7.82. The van der Waals surface area contributed by atoms with Gasteiger partial charge in [0.1, 0.15) is 0 Å². The van der Waals surface area contributed by atoms with Crippen LogP contribution in [-0.4, -0.2) is 0 Å². The van der Waals surface area contributed by atoms with Gasteiger partial charge in [-0.2, -0.15) is 0 Å². The fourth-order valence-corrected chi connectivity index (χ4v) is 2.34. The summed E-state index contributed by atoms with van der Waals surface area (Å²) in [6.45, 7) is 6.00. The quantitative estimate of drug-likeness (QED) is 0.614. The molecule has 0 N–H and O–H groups in total. The van der Waals surface area contributed by atoms with Crippen LogP contribution in [0.15, 0.2) is 36.2 Å². The minimum atomic E-state index is 1.15. The van der Waals surface area contributed by atoms with Crippen molar-refractivity contribution in [1.29, 1.82) is 0 Å². The predicted octanol–water partition coefficient (Wildman–Crippen LogP) is 3.93. The minimum Gasteiger partial charge on any atom is -0.143 e. The molecule has 0 amide bonds. The molecule has 1 heterocycles. The first-order chi connectivity index (χ1) is 5.79. The molecule has 0 aliphatic carbocycles. The first kappa shape index (κ1) is 7.56. The van der Waals surface area contributed by atoms with E-state index in [9.17, 15) is 0 Å². The van der Waals surface area contributed by atoms with Gasteiger partial charge in [-0.05, 0) is 34.9 Å². The molecule has 1 aromatic carbocycles. The molecule has 0 bridgehead atoms. The molecule has 1 aromatic heterocycles. The highest BCUT2D eigenvalue weighted by atomic mass is 32.1. The van der Waals surface area contributed by atoms with E-state index in [0.29, 0.717) is 0 Å². The monoisotopic (exact) mass is 174 g/mol. The second-order valence-electron chi connectivity index (χ2n) is 2.93. The molecule has 0 saturated heterocycles. The summed E-state index contributed by atoms with van der Waals surface area (Å²) in [5, 5.41) is 3.50. The Morgan fingerprint density at radius 3 is 2.83 bits per heavy atom. The van der Waals surface area contributed by atoms with Gasteiger partial charge in [0.15, 0.2) is 0 Å². The van der Waals surface area contributed by atoms with Gasteiger partial charge in [0.25, 0.3) is 0 Å². The zero-order chi connectivity index (χ0) is 8.55. The Balaban J connectivity index is 2.79. The van der Waals surface area contributed by atoms with Crippen LogP contribution < -0.4 is 0 Å². The second-order valence-corrected chi connectivity index (χ2v) is 3.84. The Bertz CT molecular complexity index is 423. The van der Waals surface area contributed by atoms with E-state index >= 15 is 0 Å². The largest absolute Gasteiger partial charge is 0.143 e. The summed E-state index contributed by atoms with van der Waals surface area (Å²) < 4.78 is 1.34. The van der Waals surface area contributed by atoms with Crippen molar-refractivity contribution < 1.29 is 0 Å². The van der Waals surface area contributed by atoms with E-state index in [4.69, 9.17) is 0 Å². The topological polar surface area (TPSA) is 0 Å². The van der Waals surface area contributed by atoms with Crippen molar-refractivity contribution in [3.05, 3.63) is 41.8 Å². The van der Waals surface area contributed by atoms with E-state index < -0.39 is 0 Å². The fourth-order valence-electron chi connectivity index (χ4n) is 1.31. The number of benzene rings is 1. The van der Waals surface area contributed by atoms with E-state index in [-0.39, 0.29) is 0 Å². The standard InChI is InChI=1S/C11H10S/c1-8(2)10-7-12-11-6-4-3-5-9(10)11/h3-7H,1H2,2H3. The summed E-state index contributed by atoms with van der Waals surface area (Å²) in [5.74, 6) is 0. The van der Waals surface area contributed by atoms with Crippen molar-refractivity contribution in [2.45, 2.75) is 6.92 Å². The van der Waals surface area contributed by atoms with E-state index in [1.54, 1.807) is 11.3 Å². The first-order valence-electron chi connectivity index (χ1n) is 3.91. The molecule has 0 aliphatic heterocycles. The van der Waals surface area contributed by atoms with E-state index in [1.165, 1.54) is 15.6 Å². The molecule has 0 radical (unpaired) electrons. The SMILES string of the molecule is C=C(C)c1csc2ccccc12. The van der Waals surface area contributed by atoms with Crippen molar-refractivity contribution in [2.24, 2.45) is 0 Å². The fraction of sp³-hybridized carbons (Fsp3) is 0.0909. The molecule has 60 valence electrons. The van der Waals surface area contributed by atoms with Gasteiger partial charge in [0.2, 0.25) is 0 Å². The Morgan fingerprint density at radius 2 is 2.08 bits per heavy atom. The zero-order valence-electron chi connectivity index (χ0n) is 7.00. The van der Waals surface area contributed by atoms with Gasteiger partial charge in [0.05, 0.1) is 0 Å². The second kappa shape index (κ2) is 2.76. The minimum absolute atomic E-state index is 1.15. The third kappa shape index (κ3) is 1.07. The molecule has 2 aromatic rings. The molecule has 0 aliphatic rings. The van der Waals surface area contributed by atoms with Crippen LogP contribution in [0.4, 0.5) is 0 Å². The van der Waals surface area contributed by atoms with Gasteiger partial charge in [0, 0.05) is 4.70 Å². The molecule has 1 heteroatoms. The third-order valence-corrected chi connectivity index (χ3v) is 2.90. The lowest BCUT2D eigenvalue weighted by atomic mass is 10.1. The van der Waals surface area contributed by atoms with Crippen molar-refractivity contribution >= 4 is 27.0 Å². The van der Waals surface area contributed by atoms with Crippen molar-refractivity contribution in [2.75, 3.05) is 0 Å². The van der Waals surface area contributed by atoms with Crippen LogP contribution in [0.2, 0.25) is 0 Å². The van der Waals surface area contributed by atoms with Gasteiger partial charge >= 0.3 is 0 Å². The smallest absolute Gasteiger partial charge is 0.0349 e. The van der Waals surface area contributed by atoms with Crippen LogP contribution in [-0.2, 0) is 0 Å². The molecule has 0 unspecified atom stereocenters. The third-order valence-electron chi connectivity index (χ3n) is 1.94. The van der Waals surface area contributed by atoms with Gasteiger partial charge in [-0.1, -0.05) is 24.8 Å². The highest BCUT2D eigenvalue weighted by Gasteiger charge is 2.01. The van der Waals surface area contributed by atoms with Crippen LogP contribution in [0.25, 0.3) is 15.7 Å². The lowest BCUT2D eigenvalue weighted by molar-refractivity contribution is 1.71. The Morgan fingerprint density at radius 1 is 1.33 bits per heavy atom. The molecule has 12 heavy (non-hydrogen) atoms. The van der Waals surface area contributed by atoms with Crippen LogP contribution in [0, 0.1) is 0 Å². The number of thiophene rings is 1. The maximum absolute atomic E-state index is 3.95. The number of fused-ring (bicyclic) bond motifs is 1. The van der Waals surface area contributed by atoms with Crippen molar-refractivity contribution in [3.8, 4) is 0 Å². The average molecular weight is 174 g/mol.